The summed E-state index contributed by atoms with van der Waals surface area (Å²) in [7, 11) is 0. The molecule has 0 radical (unpaired) electrons. The van der Waals surface area contributed by atoms with E-state index >= 15 is 0 Å². The molecule has 0 aliphatic carbocycles. The summed E-state index contributed by atoms with van der Waals surface area (Å²) in [5.41, 5.74) is 1.67. The first-order valence-corrected chi connectivity index (χ1v) is 7.63. The van der Waals surface area contributed by atoms with Crippen LogP contribution in [0, 0.1) is 0 Å². The minimum Gasteiger partial charge on any atom is -0.289 e. The van der Waals surface area contributed by atoms with Crippen molar-refractivity contribution in [3.63, 3.8) is 0 Å². The van der Waals surface area contributed by atoms with Crippen LogP contribution in [0.25, 0.3) is 17.0 Å². The van der Waals surface area contributed by atoms with Crippen LogP contribution >= 0.6 is 24.0 Å². The summed E-state index contributed by atoms with van der Waals surface area (Å²) in [4.78, 5) is 18.9. The van der Waals surface area contributed by atoms with Crippen molar-refractivity contribution in [3.05, 3.63) is 59.7 Å². The molecule has 1 fully saturated rings. The molecule has 5 heteroatoms. The number of thioether (sulfide) groups is 1. The topological polar surface area (TPSA) is 33.2 Å². The van der Waals surface area contributed by atoms with E-state index < -0.39 is 0 Å². The highest BCUT2D eigenvalue weighted by Gasteiger charge is 2.31. The molecule has 0 saturated carbocycles. The maximum atomic E-state index is 12.2. The molecule has 3 nitrogen and oxygen atoms in total. The number of thiocarbonyl (C=S) groups is 1. The van der Waals surface area contributed by atoms with Crippen LogP contribution in [0.4, 0.5) is 0 Å². The molecular formula is C16H12N2OS2. The van der Waals surface area contributed by atoms with Crippen LogP contribution in [0.15, 0.2) is 54.0 Å². The lowest BCUT2D eigenvalue weighted by Crippen LogP contribution is -2.27. The first kappa shape index (κ1) is 14.0. The van der Waals surface area contributed by atoms with Gasteiger partial charge < -0.3 is 0 Å². The second-order valence-corrected chi connectivity index (χ2v) is 6.19. The molecule has 2 heterocycles. The lowest BCUT2D eigenvalue weighted by atomic mass is 10.2. The summed E-state index contributed by atoms with van der Waals surface area (Å²) in [5, 5.41) is 1.08. The van der Waals surface area contributed by atoms with Crippen LogP contribution in [0.3, 0.4) is 0 Å². The van der Waals surface area contributed by atoms with Gasteiger partial charge in [-0.1, -0.05) is 54.3 Å². The Morgan fingerprint density at radius 2 is 2.10 bits per heavy atom. The SMILES string of the molecule is C=CCN1C(=O)/C(=C\c2ccc3ccccc3n2)SC1=S. The van der Waals surface area contributed by atoms with E-state index in [0.717, 1.165) is 16.6 Å². The molecule has 3 rings (SSSR count). The molecule has 0 atom stereocenters. The Balaban J connectivity index is 1.95. The number of aromatic nitrogens is 1. The predicted molar refractivity (Wildman–Crippen MR) is 91.8 cm³/mol. The third kappa shape index (κ3) is 2.75. The fourth-order valence-corrected chi connectivity index (χ4v) is 3.34. The first-order valence-electron chi connectivity index (χ1n) is 6.41. The van der Waals surface area contributed by atoms with Gasteiger partial charge in [-0.15, -0.1) is 6.58 Å². The van der Waals surface area contributed by atoms with Gasteiger partial charge in [-0.2, -0.15) is 0 Å². The third-order valence-corrected chi connectivity index (χ3v) is 4.46. The molecular weight excluding hydrogens is 300 g/mol. The highest BCUT2D eigenvalue weighted by molar-refractivity contribution is 8.26. The van der Waals surface area contributed by atoms with Gasteiger partial charge in [0.15, 0.2) is 0 Å². The molecule has 21 heavy (non-hydrogen) atoms. The molecule has 1 aliphatic heterocycles. The third-order valence-electron chi connectivity index (χ3n) is 3.08. The van der Waals surface area contributed by atoms with Gasteiger partial charge in [0.2, 0.25) is 0 Å². The number of hydrogen-bond donors (Lipinski definition) is 0. The minimum absolute atomic E-state index is 0.0835. The highest BCUT2D eigenvalue weighted by Crippen LogP contribution is 2.32. The molecule has 1 saturated heterocycles. The van der Waals surface area contributed by atoms with Gasteiger partial charge in [0, 0.05) is 11.9 Å². The van der Waals surface area contributed by atoms with Crippen molar-refractivity contribution in [3.8, 4) is 0 Å². The zero-order chi connectivity index (χ0) is 14.8. The van der Waals surface area contributed by atoms with Crippen LogP contribution < -0.4 is 0 Å². The number of benzene rings is 1. The monoisotopic (exact) mass is 312 g/mol. The Hall–Kier alpha value is -1.98. The maximum absolute atomic E-state index is 12.2. The van der Waals surface area contributed by atoms with Crippen molar-refractivity contribution in [2.45, 2.75) is 0 Å². The van der Waals surface area contributed by atoms with Crippen molar-refractivity contribution < 1.29 is 4.79 Å². The van der Waals surface area contributed by atoms with Crippen LogP contribution in [0.5, 0.6) is 0 Å². The van der Waals surface area contributed by atoms with Gasteiger partial charge in [-0.25, -0.2) is 4.98 Å². The van der Waals surface area contributed by atoms with Crippen LogP contribution in [-0.4, -0.2) is 26.7 Å². The van der Waals surface area contributed by atoms with Crippen LogP contribution in [0.1, 0.15) is 5.69 Å². The Labute approximate surface area is 132 Å². The lowest BCUT2D eigenvalue weighted by Gasteiger charge is -2.10. The normalized spacial score (nSPS) is 17.0. The van der Waals surface area contributed by atoms with E-state index in [-0.39, 0.29) is 5.91 Å². The Bertz CT molecular complexity index is 783. The zero-order valence-corrected chi connectivity index (χ0v) is 12.8. The zero-order valence-electron chi connectivity index (χ0n) is 11.2. The molecule has 0 unspecified atom stereocenters. The Kier molecular flexibility index (Phi) is 3.86. The maximum Gasteiger partial charge on any atom is 0.266 e. The van der Waals surface area contributed by atoms with E-state index in [4.69, 9.17) is 12.2 Å². The van der Waals surface area contributed by atoms with Crippen molar-refractivity contribution in [2.75, 3.05) is 6.54 Å². The quantitative estimate of drug-likeness (QED) is 0.492. The van der Waals surface area contributed by atoms with E-state index in [0.29, 0.717) is 15.8 Å². The van der Waals surface area contributed by atoms with Gasteiger partial charge in [-0.05, 0) is 18.2 Å². The van der Waals surface area contributed by atoms with Crippen molar-refractivity contribution in [1.82, 2.24) is 9.88 Å². The molecule has 104 valence electrons. The fourth-order valence-electron chi connectivity index (χ4n) is 2.08. The first-order chi connectivity index (χ1) is 10.2. The lowest BCUT2D eigenvalue weighted by molar-refractivity contribution is -0.121. The van der Waals surface area contributed by atoms with E-state index in [2.05, 4.69) is 11.6 Å². The molecule has 0 bridgehead atoms. The molecule has 1 aromatic carbocycles. The number of hydrogen-bond acceptors (Lipinski definition) is 4. The summed E-state index contributed by atoms with van der Waals surface area (Å²) >= 11 is 6.52. The predicted octanol–water partition coefficient (Wildman–Crippen LogP) is 3.62. The average Bonchev–Trinajstić information content (AvgIpc) is 2.75. The second-order valence-electron chi connectivity index (χ2n) is 4.51. The van der Waals surface area contributed by atoms with E-state index in [9.17, 15) is 4.79 Å². The highest BCUT2D eigenvalue weighted by atomic mass is 32.2. The van der Waals surface area contributed by atoms with Crippen molar-refractivity contribution in [1.29, 1.82) is 0 Å². The average molecular weight is 312 g/mol. The second kappa shape index (κ2) is 5.79. The largest absolute Gasteiger partial charge is 0.289 e. The Morgan fingerprint density at radius 3 is 2.90 bits per heavy atom. The number of amides is 1. The van der Waals surface area contributed by atoms with E-state index in [1.807, 2.05) is 36.4 Å². The number of fused-ring (bicyclic) bond motifs is 1. The van der Waals surface area contributed by atoms with Gasteiger partial charge in [0.25, 0.3) is 5.91 Å². The fraction of sp³-hybridized carbons (Fsp3) is 0.0625. The standard InChI is InChI=1S/C16H12N2OS2/c1-2-9-18-15(19)14(21-16(18)20)10-12-8-7-11-5-3-4-6-13(11)17-12/h2-8,10H,1,9H2/b14-10+. The molecule has 0 spiro atoms. The number of rotatable bonds is 3. The summed E-state index contributed by atoms with van der Waals surface area (Å²) in [6.45, 7) is 4.08. The number of para-hydroxylation sites is 1. The molecule has 1 aromatic heterocycles. The molecule has 0 N–H and O–H groups in total. The minimum atomic E-state index is -0.0835. The van der Waals surface area contributed by atoms with Gasteiger partial charge in [-0.3, -0.25) is 9.69 Å². The van der Waals surface area contributed by atoms with E-state index in [1.54, 1.807) is 17.1 Å². The van der Waals surface area contributed by atoms with Gasteiger partial charge >= 0.3 is 0 Å². The molecule has 1 amide bonds. The summed E-state index contributed by atoms with van der Waals surface area (Å²) in [5.74, 6) is -0.0835. The summed E-state index contributed by atoms with van der Waals surface area (Å²) < 4.78 is 0.562. The van der Waals surface area contributed by atoms with Crippen molar-refractivity contribution in [2.24, 2.45) is 0 Å². The number of pyridine rings is 1. The van der Waals surface area contributed by atoms with Crippen molar-refractivity contribution >= 4 is 51.2 Å². The molecule has 1 aliphatic rings. The van der Waals surface area contributed by atoms with Crippen LogP contribution in [-0.2, 0) is 4.79 Å². The van der Waals surface area contributed by atoms with Gasteiger partial charge in [0.05, 0.1) is 16.1 Å². The number of carbonyl (C=O) groups is 1. The Morgan fingerprint density at radius 1 is 1.29 bits per heavy atom. The number of nitrogens with zero attached hydrogens (tertiary/aromatic N) is 2. The summed E-state index contributed by atoms with van der Waals surface area (Å²) in [6, 6.07) is 11.8. The van der Waals surface area contributed by atoms with E-state index in [1.165, 1.54) is 11.8 Å². The molecule has 2 aromatic rings. The number of carbonyl (C=O) groups excluding carboxylic acids is 1. The van der Waals surface area contributed by atoms with Crippen LogP contribution in [0.2, 0.25) is 0 Å². The van der Waals surface area contributed by atoms with Gasteiger partial charge in [0.1, 0.15) is 4.32 Å². The smallest absolute Gasteiger partial charge is 0.266 e. The summed E-state index contributed by atoms with van der Waals surface area (Å²) in [6.07, 6.45) is 3.46.